The van der Waals surface area contributed by atoms with E-state index < -0.39 is 11.7 Å². The van der Waals surface area contributed by atoms with Gasteiger partial charge in [-0.1, -0.05) is 46.9 Å². The molecule has 14 heavy (non-hydrogen) atoms. The first-order valence-electron chi connectivity index (χ1n) is 3.94. The molecule has 0 bridgehead atoms. The van der Waals surface area contributed by atoms with Gasteiger partial charge in [-0.3, -0.25) is 0 Å². The quantitative estimate of drug-likeness (QED) is 0.568. The molecule has 0 unspecified atom stereocenters. The summed E-state index contributed by atoms with van der Waals surface area (Å²) in [5.41, 5.74) is -0.0235. The molecule has 0 heterocycles. The molecule has 0 fully saturated rings. The number of hydrogen-bond acceptors (Lipinski definition) is 0. The highest BCUT2D eigenvalue weighted by Gasteiger charge is 2.30. The smallest absolute Gasteiger partial charge is 0.166 e. The van der Waals surface area contributed by atoms with Gasteiger partial charge in [0.15, 0.2) is 0 Å². The third-order valence-corrected chi connectivity index (χ3v) is 2.12. The first kappa shape index (κ1) is 11.6. The van der Waals surface area contributed by atoms with Crippen molar-refractivity contribution in [3.8, 4) is 0 Å². The predicted molar refractivity (Wildman–Crippen MR) is 59.4 cm³/mol. The van der Waals surface area contributed by atoms with Crippen LogP contribution in [0.15, 0.2) is 30.3 Å². The Morgan fingerprint density at radius 2 is 2.00 bits per heavy atom. The summed E-state index contributed by atoms with van der Waals surface area (Å²) in [6, 6.07) is 5.28. The van der Waals surface area contributed by atoms with E-state index >= 15 is 0 Å². The van der Waals surface area contributed by atoms with Gasteiger partial charge in [-0.15, -0.1) is 0 Å². The van der Waals surface area contributed by atoms with Crippen LogP contribution in [0.5, 0.6) is 0 Å². The van der Waals surface area contributed by atoms with Crippen molar-refractivity contribution in [3.63, 3.8) is 0 Å². The first-order chi connectivity index (χ1) is 6.54. The SMILES string of the molecule is FC(F)(F)c1cccc(/C=C/CI)c1. The summed E-state index contributed by atoms with van der Waals surface area (Å²) in [7, 11) is 0. The lowest BCUT2D eigenvalue weighted by molar-refractivity contribution is -0.137. The van der Waals surface area contributed by atoms with Crippen molar-refractivity contribution in [2.45, 2.75) is 6.18 Å². The molecule has 0 aromatic heterocycles. The zero-order chi connectivity index (χ0) is 10.6. The lowest BCUT2D eigenvalue weighted by atomic mass is 10.1. The van der Waals surface area contributed by atoms with Crippen molar-refractivity contribution in [2.75, 3.05) is 4.43 Å². The number of benzene rings is 1. The van der Waals surface area contributed by atoms with Crippen LogP contribution in [0.2, 0.25) is 0 Å². The van der Waals surface area contributed by atoms with Gasteiger partial charge in [0.2, 0.25) is 0 Å². The van der Waals surface area contributed by atoms with Crippen LogP contribution >= 0.6 is 22.6 Å². The van der Waals surface area contributed by atoms with E-state index in [1.54, 1.807) is 12.1 Å². The summed E-state index contributed by atoms with van der Waals surface area (Å²) in [5.74, 6) is 0. The highest BCUT2D eigenvalue weighted by atomic mass is 127. The highest BCUT2D eigenvalue weighted by molar-refractivity contribution is 14.1. The second kappa shape index (κ2) is 4.82. The average Bonchev–Trinajstić information content (AvgIpc) is 2.14. The Hall–Kier alpha value is -0.520. The minimum Gasteiger partial charge on any atom is -0.166 e. The molecule has 1 aromatic carbocycles. The maximum absolute atomic E-state index is 12.3. The average molecular weight is 312 g/mol. The van der Waals surface area contributed by atoms with E-state index in [2.05, 4.69) is 22.6 Å². The molecule has 0 atom stereocenters. The molecule has 0 aliphatic heterocycles. The molecule has 0 aliphatic carbocycles. The van der Waals surface area contributed by atoms with Gasteiger partial charge in [0, 0.05) is 4.43 Å². The largest absolute Gasteiger partial charge is 0.416 e. The first-order valence-corrected chi connectivity index (χ1v) is 5.46. The lowest BCUT2D eigenvalue weighted by Gasteiger charge is -2.06. The Morgan fingerprint density at radius 3 is 2.57 bits per heavy atom. The predicted octanol–water partition coefficient (Wildman–Crippen LogP) is 4.15. The van der Waals surface area contributed by atoms with E-state index in [9.17, 15) is 13.2 Å². The zero-order valence-electron chi connectivity index (χ0n) is 7.18. The van der Waals surface area contributed by atoms with E-state index in [4.69, 9.17) is 0 Å². The van der Waals surface area contributed by atoms with Crippen LogP contribution < -0.4 is 0 Å². The van der Waals surface area contributed by atoms with E-state index in [1.807, 2.05) is 6.08 Å². The third kappa shape index (κ3) is 3.32. The molecule has 4 heteroatoms. The van der Waals surface area contributed by atoms with Crippen molar-refractivity contribution in [1.82, 2.24) is 0 Å². The number of alkyl halides is 4. The Morgan fingerprint density at radius 1 is 1.29 bits per heavy atom. The van der Waals surface area contributed by atoms with Gasteiger partial charge in [0.05, 0.1) is 5.56 Å². The molecule has 0 radical (unpaired) electrons. The number of hydrogen-bond donors (Lipinski definition) is 0. The molecule has 0 nitrogen and oxygen atoms in total. The summed E-state index contributed by atoms with van der Waals surface area (Å²) in [4.78, 5) is 0. The Bertz CT molecular complexity index is 328. The van der Waals surface area contributed by atoms with Gasteiger partial charge < -0.3 is 0 Å². The number of halogens is 4. The minimum absolute atomic E-state index is 0.580. The van der Waals surface area contributed by atoms with Gasteiger partial charge in [0.1, 0.15) is 0 Å². The molecule has 0 spiro atoms. The fraction of sp³-hybridized carbons (Fsp3) is 0.200. The van der Waals surface area contributed by atoms with Gasteiger partial charge in [-0.05, 0) is 17.7 Å². The third-order valence-electron chi connectivity index (χ3n) is 1.61. The van der Waals surface area contributed by atoms with Crippen LogP contribution in [0.3, 0.4) is 0 Å². The topological polar surface area (TPSA) is 0 Å². The van der Waals surface area contributed by atoms with Crippen molar-refractivity contribution in [1.29, 1.82) is 0 Å². The lowest BCUT2D eigenvalue weighted by Crippen LogP contribution is -2.04. The van der Waals surface area contributed by atoms with Crippen LogP contribution in [-0.4, -0.2) is 4.43 Å². The summed E-state index contributed by atoms with van der Waals surface area (Å²) in [5, 5.41) is 0. The van der Waals surface area contributed by atoms with Crippen LogP contribution in [0.1, 0.15) is 11.1 Å². The van der Waals surface area contributed by atoms with E-state index in [0.717, 1.165) is 16.6 Å². The van der Waals surface area contributed by atoms with Crippen molar-refractivity contribution in [3.05, 3.63) is 41.5 Å². The van der Waals surface area contributed by atoms with Gasteiger partial charge >= 0.3 is 6.18 Å². The summed E-state index contributed by atoms with van der Waals surface area (Å²) < 4.78 is 37.6. The van der Waals surface area contributed by atoms with Gasteiger partial charge in [-0.2, -0.15) is 13.2 Å². The summed E-state index contributed by atoms with van der Waals surface area (Å²) >= 11 is 2.13. The maximum atomic E-state index is 12.3. The van der Waals surface area contributed by atoms with Crippen LogP contribution in [-0.2, 0) is 6.18 Å². The molecule has 0 aliphatic rings. The molecular weight excluding hydrogens is 304 g/mol. The molecule has 1 aromatic rings. The molecular formula is C10H8F3I. The highest BCUT2D eigenvalue weighted by Crippen LogP contribution is 2.29. The van der Waals surface area contributed by atoms with E-state index in [1.165, 1.54) is 6.07 Å². The Balaban J connectivity index is 2.96. The Kier molecular flexibility index (Phi) is 3.97. The van der Waals surface area contributed by atoms with Crippen molar-refractivity contribution < 1.29 is 13.2 Å². The van der Waals surface area contributed by atoms with Crippen molar-refractivity contribution >= 4 is 28.7 Å². The molecule has 0 N–H and O–H groups in total. The molecule has 1 rings (SSSR count). The monoisotopic (exact) mass is 312 g/mol. The number of allylic oxidation sites excluding steroid dienone is 1. The fourth-order valence-electron chi connectivity index (χ4n) is 0.999. The summed E-state index contributed by atoms with van der Waals surface area (Å²) in [6.45, 7) is 0. The van der Waals surface area contributed by atoms with E-state index in [0.29, 0.717) is 5.56 Å². The fourth-order valence-corrected chi connectivity index (χ4v) is 1.25. The standard InChI is InChI=1S/C10H8F3I/c11-10(12,13)9-5-1-3-8(7-9)4-2-6-14/h1-5,7H,6H2/b4-2+. The van der Waals surface area contributed by atoms with E-state index in [-0.39, 0.29) is 0 Å². The van der Waals surface area contributed by atoms with Crippen LogP contribution in [0.4, 0.5) is 13.2 Å². The van der Waals surface area contributed by atoms with Gasteiger partial charge in [-0.25, -0.2) is 0 Å². The maximum Gasteiger partial charge on any atom is 0.416 e. The normalized spacial score (nSPS) is 12.3. The van der Waals surface area contributed by atoms with Gasteiger partial charge in [0.25, 0.3) is 0 Å². The van der Waals surface area contributed by atoms with Crippen LogP contribution in [0, 0.1) is 0 Å². The molecule has 0 saturated carbocycles. The second-order valence-electron chi connectivity index (χ2n) is 2.68. The Labute approximate surface area is 94.0 Å². The molecule has 0 saturated heterocycles. The van der Waals surface area contributed by atoms with Crippen LogP contribution in [0.25, 0.3) is 6.08 Å². The second-order valence-corrected chi connectivity index (χ2v) is 3.56. The molecule has 76 valence electrons. The zero-order valence-corrected chi connectivity index (χ0v) is 9.34. The number of rotatable bonds is 2. The van der Waals surface area contributed by atoms with Crippen molar-refractivity contribution in [2.24, 2.45) is 0 Å². The molecule has 0 amide bonds. The minimum atomic E-state index is -4.26. The summed E-state index contributed by atoms with van der Waals surface area (Å²) in [6.07, 6.45) is -0.758.